The van der Waals surface area contributed by atoms with Gasteiger partial charge in [0.2, 0.25) is 0 Å². The Morgan fingerprint density at radius 3 is 1.54 bits per heavy atom. The molecule has 0 N–H and O–H groups in total. The van der Waals surface area contributed by atoms with Crippen molar-refractivity contribution in [2.75, 3.05) is 0 Å². The number of halogens is 8. The van der Waals surface area contributed by atoms with Gasteiger partial charge < -0.3 is 24.8 Å². The molecule has 0 aromatic heterocycles. The Kier molecular flexibility index (Phi) is 13.2. The van der Waals surface area contributed by atoms with Gasteiger partial charge in [0.15, 0.2) is 0 Å². The van der Waals surface area contributed by atoms with Gasteiger partial charge in [-0.05, 0) is 0 Å². The summed E-state index contributed by atoms with van der Waals surface area (Å²) in [7, 11) is 0. The summed E-state index contributed by atoms with van der Waals surface area (Å²) in [6.45, 7) is 13.9. The van der Waals surface area contributed by atoms with Crippen molar-refractivity contribution in [2.45, 2.75) is 72.8 Å². The number of alkyl halides is 6. The van der Waals surface area contributed by atoms with Crippen molar-refractivity contribution < 1.29 is 46.1 Å². The third-order valence-corrected chi connectivity index (χ3v) is 18.4. The van der Waals surface area contributed by atoms with Crippen molar-refractivity contribution in [3.8, 4) is 11.1 Å². The number of fused-ring (bicyclic) bond motifs is 3. The van der Waals surface area contributed by atoms with Gasteiger partial charge in [-0.3, -0.25) is 0 Å². The molecule has 0 saturated heterocycles. The number of allylic oxidation sites excluding steroid dienone is 4. The predicted molar refractivity (Wildman–Crippen MR) is 208 cm³/mol. The first kappa shape index (κ1) is 42.2. The minimum Gasteiger partial charge on any atom is -1.00 e. The van der Waals surface area contributed by atoms with Gasteiger partial charge in [-0.25, -0.2) is 0 Å². The summed E-state index contributed by atoms with van der Waals surface area (Å²) < 4.78 is 1.40. The van der Waals surface area contributed by atoms with E-state index in [1.165, 1.54) is 39.9 Å². The molecule has 262 valence electrons. The van der Waals surface area contributed by atoms with E-state index in [0.29, 0.717) is 11.1 Å². The molecule has 4 aromatic rings. The number of rotatable bonds is 4. The molecule has 0 saturated carbocycles. The average molecular weight is 906 g/mol. The van der Waals surface area contributed by atoms with Gasteiger partial charge in [-0.2, -0.15) is 0 Å². The molecule has 9 heteroatoms. The molecule has 0 unspecified atom stereocenters. The van der Waals surface area contributed by atoms with Crippen LogP contribution in [0.4, 0.5) is 0 Å². The summed E-state index contributed by atoms with van der Waals surface area (Å²) >= 11 is 34.9. The minimum absolute atomic E-state index is 0. The minimum atomic E-state index is -3.05. The Morgan fingerprint density at radius 2 is 1.10 bits per heavy atom. The molecule has 0 fully saturated rings. The van der Waals surface area contributed by atoms with E-state index < -0.39 is 28.9 Å². The van der Waals surface area contributed by atoms with E-state index in [4.69, 9.17) is 69.6 Å². The summed E-state index contributed by atoms with van der Waals surface area (Å²) in [5.41, 5.74) is 11.9. The second-order valence-corrected chi connectivity index (χ2v) is 25.2. The van der Waals surface area contributed by atoms with Crippen LogP contribution in [0.5, 0.6) is 0 Å². The van der Waals surface area contributed by atoms with Crippen LogP contribution in [0.3, 0.4) is 0 Å². The maximum atomic E-state index is 6.33. The van der Waals surface area contributed by atoms with E-state index in [0.717, 1.165) is 24.0 Å². The monoisotopic (exact) mass is 900 g/mol. The zero-order chi connectivity index (χ0) is 34.8. The molecule has 0 radical (unpaired) electrons. The van der Waals surface area contributed by atoms with Crippen molar-refractivity contribution >= 4 is 76.1 Å². The molecule has 0 amide bonds. The molecule has 6 rings (SSSR count). The number of hydrogen-bond acceptors (Lipinski definition) is 0. The van der Waals surface area contributed by atoms with Gasteiger partial charge in [-0.15, -0.1) is 0 Å². The van der Waals surface area contributed by atoms with Crippen LogP contribution < -0.4 is 28.1 Å². The van der Waals surface area contributed by atoms with Crippen molar-refractivity contribution in [1.29, 1.82) is 0 Å². The fourth-order valence-corrected chi connectivity index (χ4v) is 16.5. The first-order valence-electron chi connectivity index (χ1n) is 16.1. The summed E-state index contributed by atoms with van der Waals surface area (Å²) in [5.74, 6) is 0. The Labute approximate surface area is 347 Å². The molecule has 0 heterocycles. The quantitative estimate of drug-likeness (QED) is 0.173. The van der Waals surface area contributed by atoms with Gasteiger partial charge in [-0.1, -0.05) is 0 Å². The van der Waals surface area contributed by atoms with E-state index in [1.54, 1.807) is 3.27 Å². The van der Waals surface area contributed by atoms with E-state index in [1.807, 2.05) is 24.3 Å². The average Bonchev–Trinajstić information content (AvgIpc) is 3.66. The molecule has 2 aliphatic rings. The zero-order valence-electron chi connectivity index (χ0n) is 28.7. The SMILES string of the molecule is CC(C)(C)c1ccc2c(c1)Cc1c-2ccc(C(C)(C)C)[c]1[Zr+2]([C]1=CC=CC1)=[C](c1ccc(C(Cl)(Cl)Cl)cc1)c1ccc(C(Cl)(Cl)Cl)cc1.[Cl-].[Cl-]. The first-order chi connectivity index (χ1) is 22.3. The Bertz CT molecular complexity index is 1920. The molecule has 4 aromatic carbocycles. The Hall–Kier alpha value is -0.567. The van der Waals surface area contributed by atoms with E-state index in [-0.39, 0.29) is 35.6 Å². The fraction of sp³-hybridized carbons (Fsp3) is 0.293. The van der Waals surface area contributed by atoms with Gasteiger partial charge in [0, 0.05) is 0 Å². The zero-order valence-corrected chi connectivity index (χ0v) is 37.2. The third kappa shape index (κ3) is 8.70. The molecule has 0 spiro atoms. The van der Waals surface area contributed by atoms with Gasteiger partial charge in [0.25, 0.3) is 0 Å². The maximum Gasteiger partial charge on any atom is -1.00 e. The topological polar surface area (TPSA) is 0 Å². The third-order valence-electron chi connectivity index (χ3n) is 9.34. The molecular weight excluding hydrogens is 867 g/mol. The molecule has 50 heavy (non-hydrogen) atoms. The van der Waals surface area contributed by atoms with Crippen LogP contribution in [0.2, 0.25) is 0 Å². The standard InChI is InChI=1S/C21H25.C15H8Cl6.C5H5.2ClH.Zr/c1-20(2,3)16-7-9-18-14(12-16)11-15-13-17(21(4,5)6)8-10-19(15)18;16-14(17,18)12-5-1-10(2-6-12)9-11-3-7-13(8-4-11)15(19,20)21;1-2-4-5-3-1;;;/h7-10,12H,11H2,1-6H3;1-8H;1-3H,4H2;2*1H;/q;;;;;+2/p-2. The molecule has 2 aliphatic carbocycles. The summed E-state index contributed by atoms with van der Waals surface area (Å²) in [5, 5.41) is 0. The maximum absolute atomic E-state index is 6.33. The molecule has 0 bridgehead atoms. The second-order valence-electron chi connectivity index (χ2n) is 14.8. The van der Waals surface area contributed by atoms with E-state index >= 15 is 0 Å². The number of benzene rings is 4. The predicted octanol–water partition coefficient (Wildman–Crippen LogP) is 6.87. The van der Waals surface area contributed by atoms with E-state index in [2.05, 4.69) is 114 Å². The van der Waals surface area contributed by atoms with Crippen LogP contribution in [-0.2, 0) is 46.1 Å². The van der Waals surface area contributed by atoms with Crippen molar-refractivity contribution in [2.24, 2.45) is 0 Å². The van der Waals surface area contributed by atoms with Gasteiger partial charge in [0.1, 0.15) is 0 Å². The van der Waals surface area contributed by atoms with Crippen LogP contribution >= 0.6 is 69.6 Å². The van der Waals surface area contributed by atoms with Gasteiger partial charge >= 0.3 is 326 Å². The van der Waals surface area contributed by atoms with Crippen LogP contribution in [0.1, 0.15) is 92.5 Å². The molecule has 0 atom stereocenters. The summed E-state index contributed by atoms with van der Waals surface area (Å²) in [6.07, 6.45) is 8.73. The van der Waals surface area contributed by atoms with Crippen molar-refractivity contribution in [1.82, 2.24) is 0 Å². The summed E-state index contributed by atoms with van der Waals surface area (Å²) in [6, 6.07) is 28.1. The summed E-state index contributed by atoms with van der Waals surface area (Å²) in [4.78, 5) is 0. The molecule has 0 aliphatic heterocycles. The van der Waals surface area contributed by atoms with Crippen molar-refractivity contribution in [3.63, 3.8) is 0 Å². The van der Waals surface area contributed by atoms with Crippen LogP contribution in [0.25, 0.3) is 11.1 Å². The molecular formula is C41H38Cl8Zr. The fourth-order valence-electron chi connectivity index (χ4n) is 6.84. The number of hydrogen-bond donors (Lipinski definition) is 0. The van der Waals surface area contributed by atoms with Gasteiger partial charge in [0.05, 0.1) is 0 Å². The van der Waals surface area contributed by atoms with Crippen LogP contribution in [0.15, 0.2) is 100 Å². The van der Waals surface area contributed by atoms with Crippen molar-refractivity contribution in [3.05, 3.63) is 145 Å². The smallest absolute Gasteiger partial charge is 1.00 e. The van der Waals surface area contributed by atoms with Crippen LogP contribution in [0, 0.1) is 0 Å². The van der Waals surface area contributed by atoms with E-state index in [9.17, 15) is 0 Å². The van der Waals surface area contributed by atoms with Crippen LogP contribution in [-0.4, -0.2) is 3.21 Å². The largest absolute Gasteiger partial charge is 1.00 e. The first-order valence-corrected chi connectivity index (χ1v) is 22.1. The normalized spacial score (nSPS) is 13.8. The Morgan fingerprint density at radius 1 is 0.600 bits per heavy atom. The molecule has 0 nitrogen and oxygen atoms in total. The second kappa shape index (κ2) is 15.7. The Balaban J connectivity index is 0.00000281.